The summed E-state index contributed by atoms with van der Waals surface area (Å²) in [5.74, 6) is 1.20. The van der Waals surface area contributed by atoms with E-state index in [1.807, 2.05) is 6.07 Å². The lowest BCUT2D eigenvalue weighted by molar-refractivity contribution is 0.0439. The van der Waals surface area contributed by atoms with Gasteiger partial charge in [0.05, 0.1) is 27.4 Å². The summed E-state index contributed by atoms with van der Waals surface area (Å²) in [4.78, 5) is 0. The van der Waals surface area contributed by atoms with Crippen LogP contribution in [0.3, 0.4) is 0 Å². The monoisotopic (exact) mass is 302 g/mol. The van der Waals surface area contributed by atoms with Gasteiger partial charge in [-0.1, -0.05) is 15.9 Å². The van der Waals surface area contributed by atoms with Crippen LogP contribution >= 0.6 is 15.9 Å². The van der Waals surface area contributed by atoms with Gasteiger partial charge in [0.2, 0.25) is 0 Å². The lowest BCUT2D eigenvalue weighted by Gasteiger charge is -2.19. The van der Waals surface area contributed by atoms with E-state index in [1.54, 1.807) is 14.2 Å². The molecule has 1 N–H and O–H groups in total. The van der Waals surface area contributed by atoms with Gasteiger partial charge in [-0.3, -0.25) is 0 Å². The number of aliphatic hydroxyl groups excluding tert-OH is 1. The van der Waals surface area contributed by atoms with Gasteiger partial charge in [-0.2, -0.15) is 0 Å². The predicted molar refractivity (Wildman–Crippen MR) is 66.7 cm³/mol. The molecule has 0 saturated carbocycles. The van der Waals surface area contributed by atoms with Crippen LogP contribution in [0.2, 0.25) is 0 Å². The second kappa shape index (κ2) is 5.25. The van der Waals surface area contributed by atoms with Crippen molar-refractivity contribution < 1.29 is 19.3 Å². The topological polar surface area (TPSA) is 47.9 Å². The van der Waals surface area contributed by atoms with E-state index in [0.29, 0.717) is 18.1 Å². The third-order valence-corrected chi connectivity index (χ3v) is 3.58. The fourth-order valence-corrected chi connectivity index (χ4v) is 2.71. The van der Waals surface area contributed by atoms with E-state index in [-0.39, 0.29) is 6.61 Å². The van der Waals surface area contributed by atoms with E-state index in [1.165, 1.54) is 0 Å². The molecule has 0 bridgehead atoms. The standard InChI is InChI=1S/C12H15BrO4/c1-15-10-5-8(13)7-3-4-17-6-9(14)11(7)12(10)16-2/h5,9,14H,3-4,6H2,1-2H3. The molecule has 1 unspecified atom stereocenters. The molecule has 94 valence electrons. The van der Waals surface area contributed by atoms with E-state index >= 15 is 0 Å². The number of benzene rings is 1. The number of rotatable bonds is 2. The van der Waals surface area contributed by atoms with E-state index in [4.69, 9.17) is 14.2 Å². The van der Waals surface area contributed by atoms with Gasteiger partial charge >= 0.3 is 0 Å². The van der Waals surface area contributed by atoms with Gasteiger partial charge in [0.25, 0.3) is 0 Å². The van der Waals surface area contributed by atoms with Crippen LogP contribution in [0.1, 0.15) is 17.2 Å². The average molecular weight is 303 g/mol. The summed E-state index contributed by atoms with van der Waals surface area (Å²) >= 11 is 3.50. The Morgan fingerprint density at radius 2 is 2.18 bits per heavy atom. The molecule has 1 aliphatic rings. The highest BCUT2D eigenvalue weighted by Gasteiger charge is 2.26. The molecule has 0 saturated heterocycles. The quantitative estimate of drug-likeness (QED) is 0.908. The molecule has 4 nitrogen and oxygen atoms in total. The predicted octanol–water partition coefficient (Wildman–Crippen LogP) is 2.07. The Balaban J connectivity index is 2.64. The smallest absolute Gasteiger partial charge is 0.166 e. The molecule has 0 radical (unpaired) electrons. The van der Waals surface area contributed by atoms with Gasteiger partial charge in [0.15, 0.2) is 11.5 Å². The van der Waals surface area contributed by atoms with Crippen molar-refractivity contribution in [2.24, 2.45) is 0 Å². The molecule has 0 fully saturated rings. The molecule has 17 heavy (non-hydrogen) atoms. The Morgan fingerprint density at radius 3 is 2.82 bits per heavy atom. The van der Waals surface area contributed by atoms with Crippen LogP contribution in [-0.2, 0) is 11.2 Å². The summed E-state index contributed by atoms with van der Waals surface area (Å²) in [6, 6.07) is 1.86. The lowest BCUT2D eigenvalue weighted by atomic mass is 9.99. The third kappa shape index (κ3) is 2.27. The Labute approximate surface area is 109 Å². The van der Waals surface area contributed by atoms with Crippen LogP contribution < -0.4 is 9.47 Å². The molecule has 5 heteroatoms. The first-order chi connectivity index (χ1) is 8.19. The second-order valence-corrected chi connectivity index (χ2v) is 4.68. The number of methoxy groups -OCH3 is 2. The highest BCUT2D eigenvalue weighted by atomic mass is 79.9. The number of fused-ring (bicyclic) bond motifs is 1. The Morgan fingerprint density at radius 1 is 1.41 bits per heavy atom. The van der Waals surface area contributed by atoms with Crippen molar-refractivity contribution in [3.8, 4) is 11.5 Å². The summed E-state index contributed by atoms with van der Waals surface area (Å²) in [6.45, 7) is 0.876. The molecule has 1 aliphatic heterocycles. The maximum atomic E-state index is 10.1. The molecular formula is C12H15BrO4. The Bertz CT molecular complexity index is 419. The van der Waals surface area contributed by atoms with E-state index in [0.717, 1.165) is 22.0 Å². The lowest BCUT2D eigenvalue weighted by Crippen LogP contribution is -2.08. The van der Waals surface area contributed by atoms with Gasteiger partial charge in [-0.15, -0.1) is 0 Å². The van der Waals surface area contributed by atoms with Crippen LogP contribution in [0.25, 0.3) is 0 Å². The van der Waals surface area contributed by atoms with Gasteiger partial charge in [0, 0.05) is 10.0 Å². The Kier molecular flexibility index (Phi) is 3.91. The third-order valence-electron chi connectivity index (χ3n) is 2.87. The van der Waals surface area contributed by atoms with E-state index in [2.05, 4.69) is 15.9 Å². The zero-order valence-electron chi connectivity index (χ0n) is 9.83. The first-order valence-electron chi connectivity index (χ1n) is 5.38. The van der Waals surface area contributed by atoms with Crippen molar-refractivity contribution in [2.75, 3.05) is 27.4 Å². The molecule has 2 rings (SSSR count). The summed E-state index contributed by atoms with van der Waals surface area (Å²) in [7, 11) is 3.15. The minimum Gasteiger partial charge on any atom is -0.493 e. The van der Waals surface area contributed by atoms with Crippen LogP contribution in [0.15, 0.2) is 10.5 Å². The summed E-state index contributed by atoms with van der Waals surface area (Å²) < 4.78 is 16.9. The number of hydrogen-bond donors (Lipinski definition) is 1. The van der Waals surface area contributed by atoms with Crippen molar-refractivity contribution in [3.05, 3.63) is 21.7 Å². The largest absolute Gasteiger partial charge is 0.493 e. The normalized spacial score (nSPS) is 19.4. The molecule has 1 atom stereocenters. The van der Waals surface area contributed by atoms with E-state index < -0.39 is 6.10 Å². The molecule has 1 heterocycles. The highest BCUT2D eigenvalue weighted by Crippen LogP contribution is 2.42. The van der Waals surface area contributed by atoms with Gasteiger partial charge in [0.1, 0.15) is 6.10 Å². The molecular weight excluding hydrogens is 288 g/mol. The number of halogens is 1. The molecule has 0 amide bonds. The summed E-state index contributed by atoms with van der Waals surface area (Å²) in [6.07, 6.45) is 0.0571. The number of hydrogen-bond acceptors (Lipinski definition) is 4. The second-order valence-electron chi connectivity index (χ2n) is 3.83. The summed E-state index contributed by atoms with van der Waals surface area (Å²) in [5, 5.41) is 10.1. The zero-order chi connectivity index (χ0) is 12.4. The summed E-state index contributed by atoms with van der Waals surface area (Å²) in [5.41, 5.74) is 1.78. The molecule has 0 aliphatic carbocycles. The van der Waals surface area contributed by atoms with Crippen molar-refractivity contribution in [2.45, 2.75) is 12.5 Å². The molecule has 1 aromatic rings. The maximum absolute atomic E-state index is 10.1. The first-order valence-corrected chi connectivity index (χ1v) is 6.17. The average Bonchev–Trinajstić information content (AvgIpc) is 2.52. The van der Waals surface area contributed by atoms with E-state index in [9.17, 15) is 5.11 Å². The van der Waals surface area contributed by atoms with Crippen LogP contribution in [-0.4, -0.2) is 32.5 Å². The van der Waals surface area contributed by atoms with Crippen LogP contribution in [0.5, 0.6) is 11.5 Å². The first kappa shape index (κ1) is 12.7. The SMILES string of the molecule is COc1cc(Br)c2c(c1OC)C(O)COCC2. The molecule has 1 aromatic carbocycles. The van der Waals surface area contributed by atoms with Crippen molar-refractivity contribution in [1.29, 1.82) is 0 Å². The fourth-order valence-electron chi connectivity index (χ4n) is 2.09. The number of ether oxygens (including phenoxy) is 3. The number of aliphatic hydroxyl groups is 1. The zero-order valence-corrected chi connectivity index (χ0v) is 11.4. The fraction of sp³-hybridized carbons (Fsp3) is 0.500. The minimum atomic E-state index is -0.686. The van der Waals surface area contributed by atoms with Crippen molar-refractivity contribution in [3.63, 3.8) is 0 Å². The van der Waals surface area contributed by atoms with Gasteiger partial charge in [-0.05, 0) is 18.1 Å². The van der Waals surface area contributed by atoms with Crippen molar-refractivity contribution >= 4 is 15.9 Å². The Hall–Kier alpha value is -0.780. The molecule has 0 aromatic heterocycles. The highest BCUT2D eigenvalue weighted by molar-refractivity contribution is 9.10. The van der Waals surface area contributed by atoms with Crippen molar-refractivity contribution in [1.82, 2.24) is 0 Å². The minimum absolute atomic E-state index is 0.281. The van der Waals surface area contributed by atoms with Gasteiger partial charge < -0.3 is 19.3 Å². The maximum Gasteiger partial charge on any atom is 0.166 e. The van der Waals surface area contributed by atoms with Crippen LogP contribution in [0.4, 0.5) is 0 Å². The van der Waals surface area contributed by atoms with Gasteiger partial charge in [-0.25, -0.2) is 0 Å². The molecule has 0 spiro atoms. The van der Waals surface area contributed by atoms with Crippen LogP contribution in [0, 0.1) is 0 Å².